The van der Waals surface area contributed by atoms with Crippen LogP contribution in [0, 0.1) is 5.82 Å². The lowest BCUT2D eigenvalue weighted by Crippen LogP contribution is -2.23. The molecule has 7 heteroatoms. The highest BCUT2D eigenvalue weighted by Gasteiger charge is 2.28. The number of halogens is 1. The summed E-state index contributed by atoms with van der Waals surface area (Å²) in [6.07, 6.45) is 3.56. The Balaban J connectivity index is 2.00. The zero-order valence-electron chi connectivity index (χ0n) is 14.8. The van der Waals surface area contributed by atoms with Crippen molar-refractivity contribution in [3.63, 3.8) is 0 Å². The number of ketones is 1. The smallest absolute Gasteiger partial charge is 0.196 e. The maximum absolute atomic E-state index is 13.3. The number of hydrogen-bond acceptors (Lipinski definition) is 5. The molecule has 0 radical (unpaired) electrons. The van der Waals surface area contributed by atoms with Crippen molar-refractivity contribution in [1.82, 2.24) is 19.7 Å². The fourth-order valence-electron chi connectivity index (χ4n) is 2.89. The SMILES string of the molecule is C[C@H](c1nnc(S[C@@H]2CCCCC2=O)n1-c1ccc(F)cc1)N(C)C. The number of Topliss-reactive ketones (excluding diaryl/α,β-unsaturated/α-hetero) is 1. The molecule has 25 heavy (non-hydrogen) atoms. The van der Waals surface area contributed by atoms with Crippen LogP contribution in [0.3, 0.4) is 0 Å². The summed E-state index contributed by atoms with van der Waals surface area (Å²) in [7, 11) is 3.96. The van der Waals surface area contributed by atoms with E-state index in [0.717, 1.165) is 30.8 Å². The minimum atomic E-state index is -0.282. The number of aromatic nitrogens is 3. The van der Waals surface area contributed by atoms with Gasteiger partial charge in [-0.3, -0.25) is 14.3 Å². The van der Waals surface area contributed by atoms with Crippen LogP contribution in [0.2, 0.25) is 0 Å². The van der Waals surface area contributed by atoms with Gasteiger partial charge in [-0.15, -0.1) is 10.2 Å². The van der Waals surface area contributed by atoms with Gasteiger partial charge in [-0.2, -0.15) is 0 Å². The van der Waals surface area contributed by atoms with Gasteiger partial charge < -0.3 is 0 Å². The predicted molar refractivity (Wildman–Crippen MR) is 96.5 cm³/mol. The monoisotopic (exact) mass is 362 g/mol. The van der Waals surface area contributed by atoms with E-state index in [4.69, 9.17) is 0 Å². The first-order chi connectivity index (χ1) is 12.0. The lowest BCUT2D eigenvalue weighted by Gasteiger charge is -2.22. The third kappa shape index (κ3) is 3.93. The Bertz CT molecular complexity index is 744. The first-order valence-corrected chi connectivity index (χ1v) is 9.42. The molecule has 134 valence electrons. The highest BCUT2D eigenvalue weighted by molar-refractivity contribution is 8.00. The maximum Gasteiger partial charge on any atom is 0.196 e. The van der Waals surface area contributed by atoms with E-state index in [9.17, 15) is 9.18 Å². The van der Waals surface area contributed by atoms with Crippen molar-refractivity contribution in [1.29, 1.82) is 0 Å². The van der Waals surface area contributed by atoms with E-state index in [1.54, 1.807) is 12.1 Å². The van der Waals surface area contributed by atoms with Crippen LogP contribution in [-0.2, 0) is 4.79 Å². The van der Waals surface area contributed by atoms with Crippen LogP contribution in [0.15, 0.2) is 29.4 Å². The molecule has 1 fully saturated rings. The molecule has 0 aliphatic heterocycles. The molecule has 1 aliphatic rings. The van der Waals surface area contributed by atoms with Crippen molar-refractivity contribution in [2.24, 2.45) is 0 Å². The van der Waals surface area contributed by atoms with Crippen molar-refractivity contribution in [3.8, 4) is 5.69 Å². The maximum atomic E-state index is 13.3. The minimum absolute atomic E-state index is 0.0361. The summed E-state index contributed by atoms with van der Waals surface area (Å²) < 4.78 is 15.3. The van der Waals surface area contributed by atoms with Gasteiger partial charge in [-0.05, 0) is 58.1 Å². The van der Waals surface area contributed by atoms with Gasteiger partial charge in [0.15, 0.2) is 11.0 Å². The Morgan fingerprint density at radius 2 is 1.96 bits per heavy atom. The van der Waals surface area contributed by atoms with E-state index >= 15 is 0 Å². The molecule has 1 aromatic carbocycles. The molecule has 1 aromatic heterocycles. The topological polar surface area (TPSA) is 51.0 Å². The average Bonchev–Trinajstić information content (AvgIpc) is 3.00. The zero-order valence-corrected chi connectivity index (χ0v) is 15.6. The molecule has 0 saturated heterocycles. The molecule has 0 unspecified atom stereocenters. The van der Waals surface area contributed by atoms with Crippen molar-refractivity contribution in [2.75, 3.05) is 14.1 Å². The minimum Gasteiger partial charge on any atom is -0.300 e. The van der Waals surface area contributed by atoms with Gasteiger partial charge in [-0.25, -0.2) is 4.39 Å². The standard InChI is InChI=1S/C18H23FN4OS/c1-12(22(2)3)17-20-21-18(25-16-7-5-4-6-15(16)24)23(17)14-10-8-13(19)9-11-14/h8-12,16H,4-7H2,1-3H3/t12-,16-/m1/s1. The number of carbonyl (C=O) groups excluding carboxylic acids is 1. The average molecular weight is 362 g/mol. The quantitative estimate of drug-likeness (QED) is 0.813. The van der Waals surface area contributed by atoms with Gasteiger partial charge in [-0.1, -0.05) is 18.2 Å². The van der Waals surface area contributed by atoms with E-state index in [0.29, 0.717) is 11.6 Å². The summed E-state index contributed by atoms with van der Waals surface area (Å²) in [4.78, 5) is 14.2. The van der Waals surface area contributed by atoms with Gasteiger partial charge in [0.05, 0.1) is 11.3 Å². The van der Waals surface area contributed by atoms with Gasteiger partial charge in [0.25, 0.3) is 0 Å². The van der Waals surface area contributed by atoms with Crippen LogP contribution in [0.1, 0.15) is 44.5 Å². The van der Waals surface area contributed by atoms with Gasteiger partial charge in [0.2, 0.25) is 0 Å². The summed E-state index contributed by atoms with van der Waals surface area (Å²) in [6, 6.07) is 6.34. The van der Waals surface area contributed by atoms with Crippen LogP contribution >= 0.6 is 11.8 Å². The molecular weight excluding hydrogens is 339 g/mol. The third-order valence-electron chi connectivity index (χ3n) is 4.64. The lowest BCUT2D eigenvalue weighted by molar-refractivity contribution is -0.119. The van der Waals surface area contributed by atoms with Gasteiger partial charge >= 0.3 is 0 Å². The molecule has 5 nitrogen and oxygen atoms in total. The first kappa shape index (κ1) is 18.1. The van der Waals surface area contributed by atoms with Gasteiger partial charge in [0.1, 0.15) is 11.6 Å². The summed E-state index contributed by atoms with van der Waals surface area (Å²) >= 11 is 1.48. The fraction of sp³-hybridized carbons (Fsp3) is 0.500. The molecule has 0 N–H and O–H groups in total. The summed E-state index contributed by atoms with van der Waals surface area (Å²) in [6.45, 7) is 2.05. The first-order valence-electron chi connectivity index (χ1n) is 8.54. The number of thioether (sulfide) groups is 1. The van der Waals surface area contributed by atoms with Crippen LogP contribution in [-0.4, -0.2) is 44.8 Å². The van der Waals surface area contributed by atoms with Crippen molar-refractivity contribution in [3.05, 3.63) is 35.9 Å². The summed E-state index contributed by atoms with van der Waals surface area (Å²) in [5.41, 5.74) is 0.806. The fourth-order valence-corrected chi connectivity index (χ4v) is 4.08. The molecule has 1 aliphatic carbocycles. The van der Waals surface area contributed by atoms with E-state index in [1.807, 2.05) is 30.5 Å². The largest absolute Gasteiger partial charge is 0.300 e. The van der Waals surface area contributed by atoms with Crippen molar-refractivity contribution < 1.29 is 9.18 Å². The second kappa shape index (κ2) is 7.66. The number of benzene rings is 1. The Hall–Kier alpha value is -1.73. The molecule has 1 heterocycles. The van der Waals surface area contributed by atoms with E-state index in [-0.39, 0.29) is 22.9 Å². The van der Waals surface area contributed by atoms with Crippen LogP contribution in [0.5, 0.6) is 0 Å². The molecule has 0 amide bonds. The number of rotatable bonds is 5. The molecular formula is C18H23FN4OS. The normalized spacial score (nSPS) is 19.4. The van der Waals surface area contributed by atoms with Crippen LogP contribution in [0.4, 0.5) is 4.39 Å². The summed E-state index contributed by atoms with van der Waals surface area (Å²) in [5.74, 6) is 0.783. The predicted octanol–water partition coefficient (Wildman–Crippen LogP) is 3.63. The highest BCUT2D eigenvalue weighted by Crippen LogP contribution is 2.33. The van der Waals surface area contributed by atoms with Gasteiger partial charge in [0, 0.05) is 12.1 Å². The Labute approximate surface area is 151 Å². The third-order valence-corrected chi connectivity index (χ3v) is 5.90. The van der Waals surface area contributed by atoms with E-state index in [2.05, 4.69) is 10.2 Å². The highest BCUT2D eigenvalue weighted by atomic mass is 32.2. The molecule has 0 bridgehead atoms. The van der Waals surface area contributed by atoms with Crippen LogP contribution in [0.25, 0.3) is 5.69 Å². The second-order valence-corrected chi connectivity index (χ2v) is 7.78. The zero-order chi connectivity index (χ0) is 18.0. The Kier molecular flexibility index (Phi) is 5.54. The molecule has 2 atom stereocenters. The number of carbonyl (C=O) groups is 1. The molecule has 0 spiro atoms. The van der Waals surface area contributed by atoms with Crippen LogP contribution < -0.4 is 0 Å². The lowest BCUT2D eigenvalue weighted by atomic mass is 9.99. The van der Waals surface area contributed by atoms with E-state index < -0.39 is 0 Å². The van der Waals surface area contributed by atoms with Crippen molar-refractivity contribution in [2.45, 2.75) is 49.1 Å². The molecule has 2 aromatic rings. The van der Waals surface area contributed by atoms with E-state index in [1.165, 1.54) is 23.9 Å². The van der Waals surface area contributed by atoms with Crippen molar-refractivity contribution >= 4 is 17.5 Å². The second-order valence-electron chi connectivity index (χ2n) is 6.61. The number of hydrogen-bond donors (Lipinski definition) is 0. The molecule has 3 rings (SSSR count). The number of nitrogens with zero attached hydrogens (tertiary/aromatic N) is 4. The summed E-state index contributed by atoms with van der Waals surface area (Å²) in [5, 5.41) is 9.34. The Morgan fingerprint density at radius 1 is 1.24 bits per heavy atom. The molecule has 1 saturated carbocycles. The Morgan fingerprint density at radius 3 is 2.60 bits per heavy atom.